The monoisotopic (exact) mass is 338 g/mol. The number of carbonyl (C=O) groups is 2. The van der Waals surface area contributed by atoms with Crippen LogP contribution in [0, 0.1) is 6.92 Å². The van der Waals surface area contributed by atoms with Gasteiger partial charge in [-0.1, -0.05) is 18.2 Å². The number of nitrogens with one attached hydrogen (secondary N) is 2. The third kappa shape index (κ3) is 4.03. The second kappa shape index (κ2) is 6.61. The SMILES string of the molecule is Cc1ccc(O)c(NC(=O)C(=O)Nc2ccccc2C(F)(F)F)c1. The number of rotatable bonds is 2. The smallest absolute Gasteiger partial charge is 0.418 e. The maximum absolute atomic E-state index is 12.9. The molecule has 5 nitrogen and oxygen atoms in total. The zero-order valence-electron chi connectivity index (χ0n) is 12.4. The van der Waals surface area contributed by atoms with Crippen LogP contribution in [0.2, 0.25) is 0 Å². The van der Waals surface area contributed by atoms with E-state index in [-0.39, 0.29) is 11.4 Å². The third-order valence-electron chi connectivity index (χ3n) is 3.09. The van der Waals surface area contributed by atoms with Gasteiger partial charge in [0.25, 0.3) is 0 Å². The van der Waals surface area contributed by atoms with E-state index in [1.165, 1.54) is 24.3 Å². The highest BCUT2D eigenvalue weighted by atomic mass is 19.4. The highest BCUT2D eigenvalue weighted by Crippen LogP contribution is 2.34. The number of amides is 2. The van der Waals surface area contributed by atoms with Crippen LogP contribution in [0.5, 0.6) is 5.75 Å². The van der Waals surface area contributed by atoms with E-state index in [4.69, 9.17) is 0 Å². The predicted octanol–water partition coefficient (Wildman–Crippen LogP) is 3.30. The van der Waals surface area contributed by atoms with Crippen molar-refractivity contribution in [2.45, 2.75) is 13.1 Å². The van der Waals surface area contributed by atoms with Gasteiger partial charge in [0.1, 0.15) is 5.75 Å². The number of phenolic OH excluding ortho intramolecular Hbond substituents is 1. The Morgan fingerprint density at radius 1 is 0.958 bits per heavy atom. The summed E-state index contributed by atoms with van der Waals surface area (Å²) in [5.74, 6) is -2.75. The second-order valence-electron chi connectivity index (χ2n) is 4.97. The number of alkyl halides is 3. The summed E-state index contributed by atoms with van der Waals surface area (Å²) in [5.41, 5.74) is -0.895. The number of aromatic hydroxyl groups is 1. The van der Waals surface area contributed by atoms with Crippen molar-refractivity contribution in [1.82, 2.24) is 0 Å². The molecule has 0 aliphatic heterocycles. The van der Waals surface area contributed by atoms with Gasteiger partial charge < -0.3 is 15.7 Å². The average molecular weight is 338 g/mol. The molecular formula is C16H13F3N2O3. The zero-order valence-corrected chi connectivity index (χ0v) is 12.4. The molecule has 0 spiro atoms. The predicted molar refractivity (Wildman–Crippen MR) is 81.5 cm³/mol. The van der Waals surface area contributed by atoms with Crippen LogP contribution in [0.15, 0.2) is 42.5 Å². The first kappa shape index (κ1) is 17.3. The molecule has 0 bridgehead atoms. The van der Waals surface area contributed by atoms with Crippen LogP contribution in [0.1, 0.15) is 11.1 Å². The first-order valence-electron chi connectivity index (χ1n) is 6.76. The Balaban J connectivity index is 2.16. The maximum Gasteiger partial charge on any atom is 0.418 e. The molecule has 2 amide bonds. The van der Waals surface area contributed by atoms with Crippen LogP contribution in [0.3, 0.4) is 0 Å². The van der Waals surface area contributed by atoms with E-state index in [2.05, 4.69) is 5.32 Å². The number of para-hydroxylation sites is 1. The van der Waals surface area contributed by atoms with E-state index in [0.717, 1.165) is 12.1 Å². The van der Waals surface area contributed by atoms with Crippen molar-refractivity contribution in [3.63, 3.8) is 0 Å². The molecule has 0 heterocycles. The molecule has 0 aliphatic carbocycles. The summed E-state index contributed by atoms with van der Waals surface area (Å²) in [4.78, 5) is 23.6. The molecule has 0 fully saturated rings. The van der Waals surface area contributed by atoms with Gasteiger partial charge in [0, 0.05) is 0 Å². The van der Waals surface area contributed by atoms with Crippen LogP contribution in [-0.2, 0) is 15.8 Å². The highest BCUT2D eigenvalue weighted by Gasteiger charge is 2.34. The molecule has 0 atom stereocenters. The molecule has 2 aromatic rings. The fourth-order valence-electron chi connectivity index (χ4n) is 1.95. The number of benzene rings is 2. The largest absolute Gasteiger partial charge is 0.506 e. The van der Waals surface area contributed by atoms with Gasteiger partial charge in [-0.3, -0.25) is 9.59 Å². The molecular weight excluding hydrogens is 325 g/mol. The summed E-state index contributed by atoms with van der Waals surface area (Å²) in [5, 5.41) is 13.7. The Bertz CT molecular complexity index is 788. The summed E-state index contributed by atoms with van der Waals surface area (Å²) in [7, 11) is 0. The standard InChI is InChI=1S/C16H13F3N2O3/c1-9-6-7-13(22)12(8-9)21-15(24)14(23)20-11-5-3-2-4-10(11)16(17,18)19/h2-8,22H,1H3,(H,20,23)(H,21,24). The van der Waals surface area contributed by atoms with E-state index < -0.39 is 29.2 Å². The van der Waals surface area contributed by atoms with E-state index >= 15 is 0 Å². The fraction of sp³-hybridized carbons (Fsp3) is 0.125. The number of phenols is 1. The topological polar surface area (TPSA) is 78.4 Å². The van der Waals surface area contributed by atoms with Crippen molar-refractivity contribution in [3.8, 4) is 5.75 Å². The minimum atomic E-state index is -4.67. The summed E-state index contributed by atoms with van der Waals surface area (Å²) >= 11 is 0. The molecule has 126 valence electrons. The van der Waals surface area contributed by atoms with Crippen LogP contribution in [0.4, 0.5) is 24.5 Å². The Kier molecular flexibility index (Phi) is 4.77. The van der Waals surface area contributed by atoms with Gasteiger partial charge in [-0.15, -0.1) is 0 Å². The van der Waals surface area contributed by atoms with Crippen LogP contribution < -0.4 is 10.6 Å². The van der Waals surface area contributed by atoms with Crippen molar-refractivity contribution in [2.75, 3.05) is 10.6 Å². The lowest BCUT2D eigenvalue weighted by molar-refractivity contribution is -0.137. The van der Waals surface area contributed by atoms with E-state index in [1.807, 2.05) is 5.32 Å². The molecule has 8 heteroatoms. The Morgan fingerprint density at radius 2 is 1.54 bits per heavy atom. The molecule has 2 aromatic carbocycles. The fourth-order valence-corrected chi connectivity index (χ4v) is 1.95. The van der Waals surface area contributed by atoms with Gasteiger partial charge in [0.05, 0.1) is 16.9 Å². The molecule has 0 aromatic heterocycles. The lowest BCUT2D eigenvalue weighted by atomic mass is 10.1. The first-order chi connectivity index (χ1) is 11.2. The second-order valence-corrected chi connectivity index (χ2v) is 4.97. The van der Waals surface area contributed by atoms with Gasteiger partial charge in [0.2, 0.25) is 0 Å². The summed E-state index contributed by atoms with van der Waals surface area (Å²) in [6.07, 6.45) is -4.67. The number of anilines is 2. The third-order valence-corrected chi connectivity index (χ3v) is 3.09. The lowest BCUT2D eigenvalue weighted by Gasteiger charge is -2.13. The zero-order chi connectivity index (χ0) is 17.9. The van der Waals surface area contributed by atoms with Crippen molar-refractivity contribution >= 4 is 23.2 Å². The molecule has 0 radical (unpaired) electrons. The molecule has 0 saturated carbocycles. The number of aryl methyl sites for hydroxylation is 1. The Labute approximate surface area is 135 Å². The minimum Gasteiger partial charge on any atom is -0.506 e. The molecule has 0 unspecified atom stereocenters. The lowest BCUT2D eigenvalue weighted by Crippen LogP contribution is -2.30. The number of hydrogen-bond donors (Lipinski definition) is 3. The number of halogens is 3. The van der Waals surface area contributed by atoms with Crippen LogP contribution in [-0.4, -0.2) is 16.9 Å². The van der Waals surface area contributed by atoms with Crippen molar-refractivity contribution in [3.05, 3.63) is 53.6 Å². The normalized spacial score (nSPS) is 11.0. The van der Waals surface area contributed by atoms with Gasteiger partial charge in [0.15, 0.2) is 0 Å². The Morgan fingerprint density at radius 3 is 2.17 bits per heavy atom. The number of carbonyl (C=O) groups excluding carboxylic acids is 2. The van der Waals surface area contributed by atoms with Gasteiger partial charge in [-0.25, -0.2) is 0 Å². The number of hydrogen-bond acceptors (Lipinski definition) is 3. The van der Waals surface area contributed by atoms with Gasteiger partial charge in [-0.2, -0.15) is 13.2 Å². The van der Waals surface area contributed by atoms with Gasteiger partial charge in [-0.05, 0) is 36.8 Å². The highest BCUT2D eigenvalue weighted by molar-refractivity contribution is 6.43. The molecule has 0 aliphatic rings. The van der Waals surface area contributed by atoms with Crippen molar-refractivity contribution < 1.29 is 27.9 Å². The quantitative estimate of drug-likeness (QED) is 0.581. The van der Waals surface area contributed by atoms with E-state index in [9.17, 15) is 27.9 Å². The van der Waals surface area contributed by atoms with E-state index in [0.29, 0.717) is 5.56 Å². The summed E-state index contributed by atoms with van der Waals surface area (Å²) in [6, 6.07) is 8.63. The van der Waals surface area contributed by atoms with E-state index in [1.54, 1.807) is 13.0 Å². The molecule has 24 heavy (non-hydrogen) atoms. The molecule has 3 N–H and O–H groups in total. The minimum absolute atomic E-state index is 0.0146. The molecule has 0 saturated heterocycles. The Hall–Kier alpha value is -3.03. The average Bonchev–Trinajstić information content (AvgIpc) is 2.50. The van der Waals surface area contributed by atoms with Crippen molar-refractivity contribution in [1.29, 1.82) is 0 Å². The first-order valence-corrected chi connectivity index (χ1v) is 6.76. The van der Waals surface area contributed by atoms with Crippen LogP contribution in [0.25, 0.3) is 0 Å². The summed E-state index contributed by atoms with van der Waals surface area (Å²) in [6.45, 7) is 1.70. The van der Waals surface area contributed by atoms with Crippen LogP contribution >= 0.6 is 0 Å². The molecule has 2 rings (SSSR count). The summed E-state index contributed by atoms with van der Waals surface area (Å²) < 4.78 is 38.6. The maximum atomic E-state index is 12.9. The van der Waals surface area contributed by atoms with Crippen molar-refractivity contribution in [2.24, 2.45) is 0 Å². The van der Waals surface area contributed by atoms with Gasteiger partial charge >= 0.3 is 18.0 Å².